The van der Waals surface area contributed by atoms with Crippen LogP contribution in [0.2, 0.25) is 0 Å². The van der Waals surface area contributed by atoms with Gasteiger partial charge in [-0.15, -0.1) is 11.3 Å². The van der Waals surface area contributed by atoms with Gasteiger partial charge >= 0.3 is 0 Å². The molecule has 2 aromatic rings. The van der Waals surface area contributed by atoms with Crippen LogP contribution < -0.4 is 10.6 Å². The minimum Gasteiger partial charge on any atom is -0.391 e. The molecule has 19 heavy (non-hydrogen) atoms. The molecule has 3 rings (SSSR count). The zero-order chi connectivity index (χ0) is 13.2. The molecule has 0 saturated heterocycles. The molecule has 1 fully saturated rings. The van der Waals surface area contributed by atoms with E-state index >= 15 is 0 Å². The van der Waals surface area contributed by atoms with Crippen LogP contribution in [0.25, 0.3) is 10.2 Å². The molecule has 1 saturated carbocycles. The van der Waals surface area contributed by atoms with Crippen molar-refractivity contribution < 1.29 is 5.11 Å². The fraction of sp³-hybridized carbons (Fsp3) is 0.538. The van der Waals surface area contributed by atoms with Gasteiger partial charge in [0.15, 0.2) is 0 Å². The van der Waals surface area contributed by atoms with Crippen molar-refractivity contribution in [3.63, 3.8) is 0 Å². The number of aromatic nitrogens is 2. The topological polar surface area (TPSA) is 70.1 Å². The van der Waals surface area contributed by atoms with Crippen molar-refractivity contribution in [3.8, 4) is 0 Å². The molecule has 2 aromatic heterocycles. The normalized spacial score (nSPS) is 16.5. The van der Waals surface area contributed by atoms with Gasteiger partial charge in [0.05, 0.1) is 11.5 Å². The van der Waals surface area contributed by atoms with Gasteiger partial charge in [0.2, 0.25) is 5.95 Å². The summed E-state index contributed by atoms with van der Waals surface area (Å²) < 4.78 is 0. The molecule has 0 bridgehead atoms. The predicted octanol–water partition coefficient (Wildman–Crippen LogP) is 2.31. The van der Waals surface area contributed by atoms with Crippen molar-refractivity contribution in [3.05, 3.63) is 11.4 Å². The number of nitrogens with one attached hydrogen (secondary N) is 2. The Labute approximate surface area is 116 Å². The fourth-order valence-corrected chi connectivity index (χ4v) is 2.84. The third kappa shape index (κ3) is 2.79. The molecule has 2 heterocycles. The summed E-state index contributed by atoms with van der Waals surface area (Å²) in [4.78, 5) is 9.90. The Morgan fingerprint density at radius 2 is 2.26 bits per heavy atom. The molecule has 5 nitrogen and oxygen atoms in total. The van der Waals surface area contributed by atoms with E-state index in [1.165, 1.54) is 0 Å². The van der Waals surface area contributed by atoms with Gasteiger partial charge in [-0.3, -0.25) is 0 Å². The van der Waals surface area contributed by atoms with E-state index in [0.717, 1.165) is 35.4 Å². The van der Waals surface area contributed by atoms with Crippen LogP contribution >= 0.6 is 11.3 Å². The van der Waals surface area contributed by atoms with E-state index in [9.17, 15) is 5.11 Å². The molecular weight excluding hydrogens is 260 g/mol. The quantitative estimate of drug-likeness (QED) is 0.756. The van der Waals surface area contributed by atoms with E-state index < -0.39 is 0 Å². The Morgan fingerprint density at radius 1 is 1.42 bits per heavy atom. The summed E-state index contributed by atoms with van der Waals surface area (Å²) in [6.07, 6.45) is 2.01. The fourth-order valence-electron chi connectivity index (χ4n) is 2.08. The zero-order valence-corrected chi connectivity index (χ0v) is 11.7. The minimum absolute atomic E-state index is 0.272. The summed E-state index contributed by atoms with van der Waals surface area (Å²) in [5.41, 5.74) is 0. The Morgan fingerprint density at radius 3 is 3.00 bits per heavy atom. The van der Waals surface area contributed by atoms with Crippen molar-refractivity contribution >= 4 is 33.3 Å². The molecular formula is C13H18N4OS. The number of aliphatic hydroxyl groups excluding tert-OH is 1. The minimum atomic E-state index is -0.272. The maximum absolute atomic E-state index is 9.93. The zero-order valence-electron chi connectivity index (χ0n) is 10.9. The van der Waals surface area contributed by atoms with Crippen LogP contribution in [0.1, 0.15) is 19.8 Å². The van der Waals surface area contributed by atoms with Crippen LogP contribution in [0.5, 0.6) is 0 Å². The van der Waals surface area contributed by atoms with E-state index in [-0.39, 0.29) is 6.10 Å². The molecule has 102 valence electrons. The highest BCUT2D eigenvalue weighted by Gasteiger charge is 2.29. The van der Waals surface area contributed by atoms with Gasteiger partial charge in [-0.05, 0) is 37.1 Å². The molecule has 3 N–H and O–H groups in total. The summed E-state index contributed by atoms with van der Waals surface area (Å²) >= 11 is 1.60. The van der Waals surface area contributed by atoms with E-state index in [4.69, 9.17) is 0 Å². The number of hydrogen-bond donors (Lipinski definition) is 3. The van der Waals surface area contributed by atoms with Crippen molar-refractivity contribution in [1.82, 2.24) is 9.97 Å². The van der Waals surface area contributed by atoms with Crippen LogP contribution in [0, 0.1) is 5.92 Å². The monoisotopic (exact) mass is 278 g/mol. The highest BCUT2D eigenvalue weighted by Crippen LogP contribution is 2.33. The highest BCUT2D eigenvalue weighted by molar-refractivity contribution is 7.16. The first-order valence-electron chi connectivity index (χ1n) is 6.69. The second-order valence-corrected chi connectivity index (χ2v) is 5.75. The second-order valence-electron chi connectivity index (χ2n) is 4.85. The van der Waals surface area contributed by atoms with Gasteiger partial charge in [0, 0.05) is 13.1 Å². The van der Waals surface area contributed by atoms with Gasteiger partial charge < -0.3 is 15.7 Å². The molecule has 1 aliphatic rings. The number of rotatable bonds is 6. The summed E-state index contributed by atoms with van der Waals surface area (Å²) in [6.45, 7) is 3.37. The Bertz CT molecular complexity index is 567. The molecule has 0 aromatic carbocycles. The summed E-state index contributed by atoms with van der Waals surface area (Å²) in [5, 5.41) is 19.4. The Balaban J connectivity index is 1.80. The van der Waals surface area contributed by atoms with Crippen molar-refractivity contribution in [2.45, 2.75) is 25.9 Å². The Hall–Kier alpha value is -1.40. The molecule has 0 spiro atoms. The third-order valence-electron chi connectivity index (χ3n) is 3.30. The number of fused-ring (bicyclic) bond motifs is 1. The summed E-state index contributed by atoms with van der Waals surface area (Å²) in [6, 6.07) is 2.02. The molecule has 0 amide bonds. The molecule has 1 atom stereocenters. The maximum Gasteiger partial charge on any atom is 0.226 e. The smallest absolute Gasteiger partial charge is 0.226 e. The average molecular weight is 278 g/mol. The van der Waals surface area contributed by atoms with Crippen molar-refractivity contribution in [2.75, 3.05) is 23.7 Å². The highest BCUT2D eigenvalue weighted by atomic mass is 32.1. The van der Waals surface area contributed by atoms with E-state index in [1.54, 1.807) is 11.3 Å². The van der Waals surface area contributed by atoms with E-state index in [2.05, 4.69) is 20.6 Å². The largest absolute Gasteiger partial charge is 0.391 e. The first-order chi connectivity index (χ1) is 9.28. The number of hydrogen-bond acceptors (Lipinski definition) is 6. The van der Waals surface area contributed by atoms with E-state index in [0.29, 0.717) is 18.4 Å². The van der Waals surface area contributed by atoms with Gasteiger partial charge in [0.25, 0.3) is 0 Å². The third-order valence-corrected chi connectivity index (χ3v) is 4.11. The molecule has 0 aliphatic heterocycles. The maximum atomic E-state index is 9.93. The van der Waals surface area contributed by atoms with Crippen LogP contribution in [0.4, 0.5) is 11.8 Å². The molecule has 6 heteroatoms. The Kier molecular flexibility index (Phi) is 3.52. The number of aliphatic hydroxyl groups is 1. The predicted molar refractivity (Wildman–Crippen MR) is 78.8 cm³/mol. The van der Waals surface area contributed by atoms with Gasteiger partial charge in [-0.25, -0.2) is 4.98 Å². The van der Waals surface area contributed by atoms with Gasteiger partial charge in [-0.1, -0.05) is 0 Å². The SMILES string of the molecule is CCNc1nc(NCC(O)C2CC2)c2ccsc2n1. The second kappa shape index (κ2) is 5.30. The summed E-state index contributed by atoms with van der Waals surface area (Å²) in [5.74, 6) is 1.92. The van der Waals surface area contributed by atoms with Crippen molar-refractivity contribution in [2.24, 2.45) is 5.92 Å². The first-order valence-corrected chi connectivity index (χ1v) is 7.57. The molecule has 0 radical (unpaired) electrons. The number of anilines is 2. The average Bonchev–Trinajstić information content (AvgIpc) is 3.15. The summed E-state index contributed by atoms with van der Waals surface area (Å²) in [7, 11) is 0. The van der Waals surface area contributed by atoms with Gasteiger partial charge in [-0.2, -0.15) is 4.98 Å². The first kappa shape index (κ1) is 12.6. The van der Waals surface area contributed by atoms with Crippen LogP contribution in [-0.4, -0.2) is 34.3 Å². The van der Waals surface area contributed by atoms with Crippen LogP contribution in [0.15, 0.2) is 11.4 Å². The lowest BCUT2D eigenvalue weighted by Crippen LogP contribution is -2.22. The van der Waals surface area contributed by atoms with Crippen LogP contribution in [-0.2, 0) is 0 Å². The number of thiophene rings is 1. The number of nitrogens with zero attached hydrogens (tertiary/aromatic N) is 2. The standard InChI is InChI=1S/C13H18N4OS/c1-2-14-13-16-11(9-5-6-19-12(9)17-13)15-7-10(18)8-3-4-8/h5-6,8,10,18H,2-4,7H2,1H3,(H2,14,15,16,17). The molecule has 1 unspecified atom stereocenters. The van der Waals surface area contributed by atoms with Crippen LogP contribution in [0.3, 0.4) is 0 Å². The lowest BCUT2D eigenvalue weighted by atomic mass is 10.2. The van der Waals surface area contributed by atoms with Crippen molar-refractivity contribution in [1.29, 1.82) is 0 Å². The van der Waals surface area contributed by atoms with E-state index in [1.807, 2.05) is 18.4 Å². The molecule has 1 aliphatic carbocycles. The lowest BCUT2D eigenvalue weighted by Gasteiger charge is -2.12. The lowest BCUT2D eigenvalue weighted by molar-refractivity contribution is 0.164. The van der Waals surface area contributed by atoms with Gasteiger partial charge in [0.1, 0.15) is 10.6 Å².